The number of hydrogen-bond acceptors (Lipinski definition) is 3. The first-order valence-electron chi connectivity index (χ1n) is 9.53. The molecule has 0 aliphatic heterocycles. The van der Waals surface area contributed by atoms with Crippen LogP contribution in [0, 0.1) is 25.2 Å². The number of amides is 1. The number of aryl methyl sites for hydroxylation is 1. The molecule has 0 unspecified atom stereocenters. The first-order chi connectivity index (χ1) is 14.4. The van der Waals surface area contributed by atoms with Gasteiger partial charge in [0.05, 0.1) is 6.61 Å². The number of halogens is 1. The molecule has 0 atom stereocenters. The minimum atomic E-state index is -0.473. The zero-order valence-electron chi connectivity index (χ0n) is 17.1. The molecule has 30 heavy (non-hydrogen) atoms. The van der Waals surface area contributed by atoms with Gasteiger partial charge in [-0.25, -0.2) is 0 Å². The van der Waals surface area contributed by atoms with E-state index < -0.39 is 5.91 Å². The van der Waals surface area contributed by atoms with Gasteiger partial charge in [-0.15, -0.1) is 0 Å². The Morgan fingerprint density at radius 3 is 2.67 bits per heavy atom. The monoisotopic (exact) mass is 419 g/mol. The predicted molar refractivity (Wildman–Crippen MR) is 120 cm³/mol. The standard InChI is InChI=1S/C24H22ClN3O2/c1-4-30-23-10-6-8-21(14-23)27-24(29)19(15-26)12-18-11-16(2)28(17(18)3)22-9-5-7-20(25)13-22/h5-14H,4H2,1-3H3,(H,27,29)/b19-12-. The number of anilines is 1. The van der Waals surface area contributed by atoms with Crippen molar-refractivity contribution in [2.45, 2.75) is 20.8 Å². The molecule has 0 fully saturated rings. The third-order valence-corrected chi connectivity index (χ3v) is 4.84. The normalized spacial score (nSPS) is 11.1. The van der Waals surface area contributed by atoms with Crippen molar-refractivity contribution in [2.75, 3.05) is 11.9 Å². The van der Waals surface area contributed by atoms with Crippen molar-refractivity contribution in [3.63, 3.8) is 0 Å². The van der Waals surface area contributed by atoms with E-state index in [-0.39, 0.29) is 5.57 Å². The second-order valence-corrected chi connectivity index (χ2v) is 7.16. The molecule has 0 aliphatic rings. The van der Waals surface area contributed by atoms with E-state index in [4.69, 9.17) is 16.3 Å². The highest BCUT2D eigenvalue weighted by molar-refractivity contribution is 6.30. The van der Waals surface area contributed by atoms with Crippen molar-refractivity contribution in [1.29, 1.82) is 5.26 Å². The molecule has 0 aliphatic carbocycles. The molecule has 1 amide bonds. The maximum atomic E-state index is 12.7. The Morgan fingerprint density at radius 1 is 1.20 bits per heavy atom. The molecule has 2 aromatic carbocycles. The summed E-state index contributed by atoms with van der Waals surface area (Å²) in [6.45, 7) is 6.33. The van der Waals surface area contributed by atoms with Crippen molar-refractivity contribution < 1.29 is 9.53 Å². The van der Waals surface area contributed by atoms with Crippen LogP contribution >= 0.6 is 11.6 Å². The van der Waals surface area contributed by atoms with Gasteiger partial charge in [0.1, 0.15) is 17.4 Å². The minimum absolute atomic E-state index is 0.0168. The second-order valence-electron chi connectivity index (χ2n) is 6.73. The number of carbonyl (C=O) groups is 1. The topological polar surface area (TPSA) is 67.0 Å². The number of benzene rings is 2. The molecular weight excluding hydrogens is 398 g/mol. The zero-order chi connectivity index (χ0) is 21.7. The summed E-state index contributed by atoms with van der Waals surface area (Å²) in [7, 11) is 0. The Morgan fingerprint density at radius 2 is 1.97 bits per heavy atom. The highest BCUT2D eigenvalue weighted by Gasteiger charge is 2.14. The number of nitrogens with zero attached hydrogens (tertiary/aromatic N) is 2. The van der Waals surface area contributed by atoms with Crippen molar-refractivity contribution in [3.05, 3.63) is 82.1 Å². The average molecular weight is 420 g/mol. The van der Waals surface area contributed by atoms with Gasteiger partial charge >= 0.3 is 0 Å². The molecule has 3 aromatic rings. The number of aromatic nitrogens is 1. The first-order valence-corrected chi connectivity index (χ1v) is 9.91. The van der Waals surface area contributed by atoms with Crippen LogP contribution in [-0.4, -0.2) is 17.1 Å². The van der Waals surface area contributed by atoms with Crippen LogP contribution in [-0.2, 0) is 4.79 Å². The molecule has 0 bridgehead atoms. The van der Waals surface area contributed by atoms with Gasteiger partial charge in [0, 0.05) is 33.9 Å². The van der Waals surface area contributed by atoms with Crippen LogP contribution in [0.5, 0.6) is 5.75 Å². The Hall–Kier alpha value is -3.49. The van der Waals surface area contributed by atoms with Crippen LogP contribution in [0.25, 0.3) is 11.8 Å². The molecule has 0 spiro atoms. The van der Waals surface area contributed by atoms with Gasteiger partial charge in [-0.2, -0.15) is 5.26 Å². The predicted octanol–water partition coefficient (Wildman–Crippen LogP) is 5.69. The lowest BCUT2D eigenvalue weighted by atomic mass is 10.1. The quantitative estimate of drug-likeness (QED) is 0.412. The Balaban J connectivity index is 1.89. The SMILES string of the molecule is CCOc1cccc(NC(=O)/C(C#N)=C\c2cc(C)n(-c3cccc(Cl)c3)c2C)c1. The average Bonchev–Trinajstić information content (AvgIpc) is 2.99. The summed E-state index contributed by atoms with van der Waals surface area (Å²) >= 11 is 6.13. The third kappa shape index (κ3) is 4.73. The molecule has 152 valence electrons. The van der Waals surface area contributed by atoms with Crippen molar-refractivity contribution >= 4 is 29.3 Å². The van der Waals surface area contributed by atoms with E-state index >= 15 is 0 Å². The van der Waals surface area contributed by atoms with Crippen LogP contribution in [0.15, 0.2) is 60.2 Å². The van der Waals surface area contributed by atoms with Crippen molar-refractivity contribution in [1.82, 2.24) is 4.57 Å². The van der Waals surface area contributed by atoms with Gasteiger partial charge in [-0.3, -0.25) is 4.79 Å². The molecule has 6 heteroatoms. The number of nitrogens with one attached hydrogen (secondary N) is 1. The highest BCUT2D eigenvalue weighted by atomic mass is 35.5. The molecular formula is C24H22ClN3O2. The lowest BCUT2D eigenvalue weighted by molar-refractivity contribution is -0.112. The first kappa shape index (κ1) is 21.2. The van der Waals surface area contributed by atoms with E-state index in [2.05, 4.69) is 5.32 Å². The second kappa shape index (κ2) is 9.34. The molecule has 0 saturated heterocycles. The van der Waals surface area contributed by atoms with Crippen LogP contribution in [0.2, 0.25) is 5.02 Å². The van der Waals surface area contributed by atoms with Crippen LogP contribution in [0.1, 0.15) is 23.9 Å². The van der Waals surface area contributed by atoms with Gasteiger partial charge in [-0.1, -0.05) is 23.7 Å². The maximum Gasteiger partial charge on any atom is 0.266 e. The summed E-state index contributed by atoms with van der Waals surface area (Å²) in [6.07, 6.45) is 1.60. The third-order valence-electron chi connectivity index (χ3n) is 4.60. The molecule has 0 saturated carbocycles. The number of carbonyl (C=O) groups excluding carboxylic acids is 1. The van der Waals surface area contributed by atoms with Gasteiger partial charge in [-0.05, 0) is 68.8 Å². The summed E-state index contributed by atoms with van der Waals surface area (Å²) in [5.74, 6) is 0.182. The maximum absolute atomic E-state index is 12.7. The molecule has 3 rings (SSSR count). The Kier molecular flexibility index (Phi) is 6.61. The zero-order valence-corrected chi connectivity index (χ0v) is 17.8. The molecule has 0 radical (unpaired) electrons. The van der Waals surface area contributed by atoms with Crippen molar-refractivity contribution in [2.24, 2.45) is 0 Å². The smallest absolute Gasteiger partial charge is 0.266 e. The number of hydrogen-bond donors (Lipinski definition) is 1. The number of ether oxygens (including phenoxy) is 1. The van der Waals surface area contributed by atoms with Crippen LogP contribution < -0.4 is 10.1 Å². The molecule has 1 N–H and O–H groups in total. The van der Waals surface area contributed by atoms with E-state index in [0.29, 0.717) is 23.1 Å². The fourth-order valence-corrected chi connectivity index (χ4v) is 3.46. The van der Waals surface area contributed by atoms with Crippen LogP contribution in [0.4, 0.5) is 5.69 Å². The van der Waals surface area contributed by atoms with Gasteiger partial charge in [0.15, 0.2) is 0 Å². The summed E-state index contributed by atoms with van der Waals surface area (Å²) in [6, 6.07) is 18.6. The van der Waals surface area contributed by atoms with E-state index in [1.807, 2.05) is 67.8 Å². The van der Waals surface area contributed by atoms with E-state index in [9.17, 15) is 10.1 Å². The summed E-state index contributed by atoms with van der Waals surface area (Å²) in [5, 5.41) is 13.0. The molecule has 1 aromatic heterocycles. The fourth-order valence-electron chi connectivity index (χ4n) is 3.28. The lowest BCUT2D eigenvalue weighted by Crippen LogP contribution is -2.13. The van der Waals surface area contributed by atoms with E-state index in [0.717, 1.165) is 22.6 Å². The van der Waals surface area contributed by atoms with Gasteiger partial charge in [0.2, 0.25) is 0 Å². The number of nitriles is 1. The highest BCUT2D eigenvalue weighted by Crippen LogP contribution is 2.25. The molecule has 5 nitrogen and oxygen atoms in total. The van der Waals surface area contributed by atoms with Crippen LogP contribution in [0.3, 0.4) is 0 Å². The van der Waals surface area contributed by atoms with Gasteiger partial charge in [0.25, 0.3) is 5.91 Å². The van der Waals surface area contributed by atoms with E-state index in [1.54, 1.807) is 24.3 Å². The Bertz CT molecular complexity index is 1160. The largest absolute Gasteiger partial charge is 0.494 e. The summed E-state index contributed by atoms with van der Waals surface area (Å²) in [5.41, 5.74) is 4.19. The lowest BCUT2D eigenvalue weighted by Gasteiger charge is -2.10. The molecule has 1 heterocycles. The minimum Gasteiger partial charge on any atom is -0.494 e. The van der Waals surface area contributed by atoms with E-state index in [1.165, 1.54) is 0 Å². The summed E-state index contributed by atoms with van der Waals surface area (Å²) in [4.78, 5) is 12.7. The van der Waals surface area contributed by atoms with Gasteiger partial charge < -0.3 is 14.6 Å². The van der Waals surface area contributed by atoms with Crippen molar-refractivity contribution in [3.8, 4) is 17.5 Å². The fraction of sp³-hybridized carbons (Fsp3) is 0.167. The number of rotatable bonds is 6. The Labute approximate surface area is 181 Å². The summed E-state index contributed by atoms with van der Waals surface area (Å²) < 4.78 is 7.49.